The van der Waals surface area contributed by atoms with Crippen molar-refractivity contribution in [2.45, 2.75) is 93.9 Å². The molecule has 6 rings (SSSR count). The van der Waals surface area contributed by atoms with E-state index < -0.39 is 0 Å². The SMILES string of the molecule is S=c1sc2c(s1)SCCCCCSC1=C3SCCCCCSc4sc(=S)sc4SCCCCCSC4=C(SCCCCCS2)SC(=C(S1)S3)S4. The Hall–Kier alpha value is 3.96. The summed E-state index contributed by atoms with van der Waals surface area (Å²) in [7, 11) is 0. The second kappa shape index (κ2) is 24.8. The van der Waals surface area contributed by atoms with E-state index in [1.54, 1.807) is 25.4 Å². The molecular formula is C32H40S18. The lowest BCUT2D eigenvalue weighted by molar-refractivity contribution is 0.785. The fraction of sp³-hybridized carbons (Fsp3) is 0.625. The van der Waals surface area contributed by atoms with Crippen molar-refractivity contribution >= 4 is 211 Å². The quantitative estimate of drug-likeness (QED) is 0.230. The van der Waals surface area contributed by atoms with Crippen LogP contribution in [0.15, 0.2) is 42.3 Å². The van der Waals surface area contributed by atoms with Crippen molar-refractivity contribution in [1.29, 1.82) is 0 Å². The lowest BCUT2D eigenvalue weighted by atomic mass is 10.3. The van der Waals surface area contributed by atoms with E-state index >= 15 is 0 Å². The summed E-state index contributed by atoms with van der Waals surface area (Å²) in [6.07, 6.45) is 15.6. The standard InChI is InChI=1S/C32H40S18/c33-31-47-25-26(48-31)40-18-10-3-7-15-37-23-24-38-16-8-4-12-20-42-28-27(49-32(34)50-28)41-19-11-2-6-14-36-22-21(35-13-5-1-9-17-39-25)43-29(44-22)30(45-23)46-24/h1-20H2. The van der Waals surface area contributed by atoms with Crippen molar-refractivity contribution in [2.24, 2.45) is 0 Å². The number of hydrogen-bond donors (Lipinski definition) is 0. The molecule has 0 saturated carbocycles. The van der Waals surface area contributed by atoms with Gasteiger partial charge < -0.3 is 0 Å². The summed E-state index contributed by atoms with van der Waals surface area (Å²) in [6, 6.07) is 0. The molecule has 0 unspecified atom stereocenters. The minimum Gasteiger partial charge on any atom is -0.117 e. The summed E-state index contributed by atoms with van der Waals surface area (Å²) >= 11 is 43.7. The van der Waals surface area contributed by atoms with Crippen LogP contribution in [0.4, 0.5) is 0 Å². The van der Waals surface area contributed by atoms with E-state index in [0.717, 1.165) is 6.28 Å². The number of thioether (sulfide) groups is 12. The first-order valence-electron chi connectivity index (χ1n) is 16.9. The van der Waals surface area contributed by atoms with Gasteiger partial charge in [0.25, 0.3) is 0 Å². The van der Waals surface area contributed by atoms with Gasteiger partial charge in [0.15, 0.2) is 0 Å². The van der Waals surface area contributed by atoms with Gasteiger partial charge in [0, 0.05) is 0 Å². The molecular weight excluding hydrogens is 962 g/mol. The molecule has 0 fully saturated rings. The molecule has 6 heterocycles. The molecule has 18 heteroatoms. The largest absolute Gasteiger partial charge is 0.145 e. The van der Waals surface area contributed by atoms with Crippen molar-refractivity contribution in [1.82, 2.24) is 0 Å². The van der Waals surface area contributed by atoms with Crippen LogP contribution in [0, 0.1) is 6.28 Å². The van der Waals surface area contributed by atoms with Gasteiger partial charge >= 0.3 is 0 Å². The molecule has 0 aliphatic carbocycles. The number of fused-ring (bicyclic) bond motifs is 6. The smallest absolute Gasteiger partial charge is 0.117 e. The summed E-state index contributed by atoms with van der Waals surface area (Å²) in [4.78, 5) is 0. The van der Waals surface area contributed by atoms with E-state index in [2.05, 4.69) is 141 Å². The first-order valence-corrected chi connectivity index (χ1v) is 32.1. The highest BCUT2D eigenvalue weighted by Gasteiger charge is 2.31. The van der Waals surface area contributed by atoms with Crippen LogP contribution in [-0.2, 0) is 0 Å². The predicted molar refractivity (Wildman–Crippen MR) is 266 cm³/mol. The molecule has 0 spiro atoms. The van der Waals surface area contributed by atoms with Gasteiger partial charge in [-0.1, -0.05) is 97.2 Å². The number of rotatable bonds is 0. The van der Waals surface area contributed by atoms with E-state index in [4.69, 9.17) is 24.4 Å². The van der Waals surface area contributed by atoms with Crippen molar-refractivity contribution in [3.63, 3.8) is 0 Å². The van der Waals surface area contributed by atoms with Gasteiger partial charge in [0.05, 0.1) is 42.3 Å². The topological polar surface area (TPSA) is 0 Å². The van der Waals surface area contributed by atoms with Gasteiger partial charge in [-0.25, -0.2) is 0 Å². The van der Waals surface area contributed by atoms with E-state index in [-0.39, 0.29) is 0 Å². The van der Waals surface area contributed by atoms with Crippen LogP contribution in [0.3, 0.4) is 0 Å². The minimum atomic E-state index is 1.09. The monoisotopic (exact) mass is 1000 g/mol. The Kier molecular flexibility index (Phi) is 21.6. The second-order valence-electron chi connectivity index (χ2n) is 11.2. The van der Waals surface area contributed by atoms with E-state index in [9.17, 15) is 0 Å². The second-order valence-corrected chi connectivity index (χ2v) is 33.2. The zero-order chi connectivity index (χ0) is 34.4. The first-order chi connectivity index (χ1) is 24.6. The molecule has 0 nitrogen and oxygen atoms in total. The van der Waals surface area contributed by atoms with E-state index in [1.165, 1.54) is 140 Å². The van der Waals surface area contributed by atoms with Crippen molar-refractivity contribution in [2.75, 3.05) is 46.0 Å². The Balaban J connectivity index is 1.13. The summed E-state index contributed by atoms with van der Waals surface area (Å²) < 4.78 is 17.5. The maximum Gasteiger partial charge on any atom is 0.145 e. The van der Waals surface area contributed by atoms with Crippen LogP contribution in [0.1, 0.15) is 77.0 Å². The van der Waals surface area contributed by atoms with Crippen molar-refractivity contribution < 1.29 is 0 Å². The zero-order valence-corrected chi connectivity index (χ0v) is 42.2. The highest BCUT2D eigenvalue weighted by molar-refractivity contribution is 8.45. The third kappa shape index (κ3) is 14.7. The fourth-order valence-electron chi connectivity index (χ4n) is 4.77. The van der Waals surface area contributed by atoms with Gasteiger partial charge in [-0.3, -0.25) is 0 Å². The van der Waals surface area contributed by atoms with Crippen LogP contribution in [0.25, 0.3) is 0 Å². The van der Waals surface area contributed by atoms with Crippen LogP contribution >= 0.6 is 211 Å². The Labute approximate surface area is 377 Å². The maximum absolute atomic E-state index is 5.61. The molecule has 0 radical (unpaired) electrons. The van der Waals surface area contributed by atoms with Gasteiger partial charge in [0.1, 0.15) is 6.28 Å². The van der Waals surface area contributed by atoms with E-state index in [1.807, 2.05) is 45.3 Å². The highest BCUT2D eigenvalue weighted by Crippen LogP contribution is 2.66. The molecule has 6 bridgehead atoms. The average Bonchev–Trinajstić information content (AvgIpc) is 3.87. The first kappa shape index (κ1) is 43.5. The average molecular weight is 1000 g/mol. The van der Waals surface area contributed by atoms with Crippen LogP contribution in [0.5, 0.6) is 0 Å². The lowest BCUT2D eigenvalue weighted by Crippen LogP contribution is -1.87. The third-order valence-electron chi connectivity index (χ3n) is 7.30. The number of hydrogen-bond acceptors (Lipinski definition) is 18. The van der Waals surface area contributed by atoms with Gasteiger partial charge in [-0.05, 0) is 97.4 Å². The van der Waals surface area contributed by atoms with Crippen LogP contribution in [0.2, 0.25) is 0 Å². The molecule has 2 aromatic rings. The predicted octanol–water partition coefficient (Wildman–Crippen LogP) is 18.4. The molecule has 0 amide bonds. The molecule has 2 aromatic heterocycles. The molecule has 4 aliphatic heterocycles. The molecule has 0 aromatic carbocycles. The molecule has 0 N–H and O–H groups in total. The van der Waals surface area contributed by atoms with Gasteiger partial charge in [0.2, 0.25) is 0 Å². The summed E-state index contributed by atoms with van der Waals surface area (Å²) in [5, 5.41) is 0. The Morgan fingerprint density at radius 1 is 0.260 bits per heavy atom. The maximum atomic E-state index is 5.61. The van der Waals surface area contributed by atoms with Gasteiger partial charge in [-0.2, -0.15) is 0 Å². The molecule has 50 heavy (non-hydrogen) atoms. The third-order valence-corrected chi connectivity index (χ3v) is 30.7. The normalized spacial score (nSPS) is 22.6. The van der Waals surface area contributed by atoms with Crippen LogP contribution < -0.4 is 0 Å². The Bertz CT molecular complexity index is 1370. The summed E-state index contributed by atoms with van der Waals surface area (Å²) in [5.74, 6) is 9.78. The molecule has 0 saturated heterocycles. The molecule has 0 atom stereocenters. The van der Waals surface area contributed by atoms with Crippen molar-refractivity contribution in [3.05, 3.63) is 31.7 Å². The highest BCUT2D eigenvalue weighted by atomic mass is 32.3. The molecule has 4 aliphatic rings. The summed E-state index contributed by atoms with van der Waals surface area (Å²) in [6.45, 7) is 0. The van der Waals surface area contributed by atoms with Crippen molar-refractivity contribution in [3.8, 4) is 0 Å². The Morgan fingerprint density at radius 3 is 0.720 bits per heavy atom. The summed E-state index contributed by atoms with van der Waals surface area (Å²) in [5.41, 5.74) is 0. The molecule has 276 valence electrons. The lowest BCUT2D eigenvalue weighted by Gasteiger charge is -2.07. The minimum absolute atomic E-state index is 1.09. The van der Waals surface area contributed by atoms with Crippen LogP contribution in [-0.4, -0.2) is 46.0 Å². The fourth-order valence-corrected chi connectivity index (χ4v) is 29.5. The van der Waals surface area contributed by atoms with Gasteiger partial charge in [-0.15, -0.1) is 139 Å². The van der Waals surface area contributed by atoms with E-state index in [0.29, 0.717) is 0 Å². The Morgan fingerprint density at radius 2 is 0.480 bits per heavy atom. The zero-order valence-electron chi connectivity index (χ0n) is 27.5.